The molecule has 1 aromatic heterocycles. The van der Waals surface area contributed by atoms with Gasteiger partial charge in [0.15, 0.2) is 11.6 Å². The summed E-state index contributed by atoms with van der Waals surface area (Å²) in [6.45, 7) is 0. The molecule has 2 aromatic carbocycles. The van der Waals surface area contributed by atoms with Crippen LogP contribution in [-0.4, -0.2) is 21.2 Å². The van der Waals surface area contributed by atoms with Crippen LogP contribution in [0.1, 0.15) is 17.0 Å². The number of carboxylic acids is 1. The molecule has 2 N–H and O–H groups in total. The lowest BCUT2D eigenvalue weighted by Crippen LogP contribution is -1.97. The topological polar surface area (TPSA) is 70.4 Å². The van der Waals surface area contributed by atoms with E-state index in [1.54, 1.807) is 6.08 Å². The minimum absolute atomic E-state index is 0.233. The van der Waals surface area contributed by atoms with Crippen molar-refractivity contribution in [2.75, 3.05) is 0 Å². The standard InChI is InChI=1S/C17H11BrFNO3S/c18-11-2-4-15-13(8-11)20-17(24-15)10(7-16(22)23)5-9-1-3-14(21)12(19)6-9/h1-6,8,21H,7H2,(H,22,23)/b10-5-. The third-order valence-corrected chi connectivity index (χ3v) is 4.88. The average Bonchev–Trinajstić information content (AvgIpc) is 2.93. The minimum atomic E-state index is -0.999. The predicted octanol–water partition coefficient (Wildman–Crippen LogP) is 4.92. The van der Waals surface area contributed by atoms with Gasteiger partial charge in [-0.15, -0.1) is 11.3 Å². The van der Waals surface area contributed by atoms with E-state index in [1.165, 1.54) is 23.5 Å². The third kappa shape index (κ3) is 3.63. The molecule has 0 saturated carbocycles. The number of hydrogen-bond acceptors (Lipinski definition) is 4. The smallest absolute Gasteiger partial charge is 0.307 e. The van der Waals surface area contributed by atoms with Gasteiger partial charge in [0.05, 0.1) is 16.6 Å². The highest BCUT2D eigenvalue weighted by Gasteiger charge is 2.13. The number of aromatic nitrogens is 1. The number of halogens is 2. The number of rotatable bonds is 4. The molecule has 0 bridgehead atoms. The number of phenolic OH excluding ortho intramolecular Hbond substituents is 1. The zero-order chi connectivity index (χ0) is 17.3. The Labute approximate surface area is 149 Å². The number of thiazole rings is 1. The van der Waals surface area contributed by atoms with Gasteiger partial charge in [0, 0.05) is 4.47 Å². The second-order valence-electron chi connectivity index (χ2n) is 5.08. The van der Waals surface area contributed by atoms with Crippen molar-refractivity contribution < 1.29 is 19.4 Å². The molecule has 0 fully saturated rings. The van der Waals surface area contributed by atoms with Crippen LogP contribution in [0.3, 0.4) is 0 Å². The van der Waals surface area contributed by atoms with Crippen LogP contribution in [0.2, 0.25) is 0 Å². The number of fused-ring (bicyclic) bond motifs is 1. The molecule has 24 heavy (non-hydrogen) atoms. The van der Waals surface area contributed by atoms with Gasteiger partial charge in [0.25, 0.3) is 0 Å². The molecule has 0 radical (unpaired) electrons. The van der Waals surface area contributed by atoms with Crippen molar-refractivity contribution in [1.29, 1.82) is 0 Å². The number of carboxylic acid groups (broad SMARTS) is 1. The molecule has 0 aliphatic rings. The number of hydrogen-bond donors (Lipinski definition) is 2. The molecule has 0 unspecified atom stereocenters. The van der Waals surface area contributed by atoms with Gasteiger partial charge in [-0.05, 0) is 47.5 Å². The summed E-state index contributed by atoms with van der Waals surface area (Å²) in [4.78, 5) is 15.7. The summed E-state index contributed by atoms with van der Waals surface area (Å²) in [5.41, 5.74) is 1.70. The van der Waals surface area contributed by atoms with Crippen LogP contribution >= 0.6 is 27.3 Å². The Bertz CT molecular complexity index is 968. The molecule has 0 spiro atoms. The molecule has 0 aliphatic heterocycles. The van der Waals surface area contributed by atoms with E-state index in [-0.39, 0.29) is 6.42 Å². The Balaban J connectivity index is 2.08. The van der Waals surface area contributed by atoms with Gasteiger partial charge < -0.3 is 10.2 Å². The monoisotopic (exact) mass is 407 g/mol. The molecule has 0 amide bonds. The van der Waals surface area contributed by atoms with Gasteiger partial charge in [-0.25, -0.2) is 9.37 Å². The van der Waals surface area contributed by atoms with E-state index in [0.717, 1.165) is 20.8 Å². The molecule has 3 aromatic rings. The second-order valence-corrected chi connectivity index (χ2v) is 7.03. The molecular weight excluding hydrogens is 397 g/mol. The van der Waals surface area contributed by atoms with Crippen LogP contribution in [0.15, 0.2) is 40.9 Å². The maximum absolute atomic E-state index is 13.5. The first-order valence-electron chi connectivity index (χ1n) is 6.90. The van der Waals surface area contributed by atoms with Gasteiger partial charge in [-0.2, -0.15) is 0 Å². The molecule has 122 valence electrons. The SMILES string of the molecule is O=C(O)C/C(=C/c1ccc(O)c(F)c1)c1nc2cc(Br)ccc2s1. The Kier molecular flexibility index (Phi) is 4.64. The molecule has 0 saturated heterocycles. The zero-order valence-electron chi connectivity index (χ0n) is 12.2. The van der Waals surface area contributed by atoms with Gasteiger partial charge >= 0.3 is 5.97 Å². The quantitative estimate of drug-likeness (QED) is 0.643. The highest BCUT2D eigenvalue weighted by Crippen LogP contribution is 2.32. The van der Waals surface area contributed by atoms with E-state index in [1.807, 2.05) is 18.2 Å². The molecule has 7 heteroatoms. The van der Waals surface area contributed by atoms with Crippen molar-refractivity contribution in [2.45, 2.75) is 6.42 Å². The predicted molar refractivity (Wildman–Crippen MR) is 95.5 cm³/mol. The van der Waals surface area contributed by atoms with Crippen LogP contribution < -0.4 is 0 Å². The van der Waals surface area contributed by atoms with Crippen molar-refractivity contribution in [3.8, 4) is 5.75 Å². The maximum atomic E-state index is 13.5. The minimum Gasteiger partial charge on any atom is -0.505 e. The van der Waals surface area contributed by atoms with E-state index in [9.17, 15) is 14.3 Å². The average molecular weight is 408 g/mol. The number of phenols is 1. The molecule has 4 nitrogen and oxygen atoms in total. The highest BCUT2D eigenvalue weighted by atomic mass is 79.9. The summed E-state index contributed by atoms with van der Waals surface area (Å²) in [7, 11) is 0. The van der Waals surface area contributed by atoms with E-state index in [4.69, 9.17) is 5.11 Å². The fourth-order valence-electron chi connectivity index (χ4n) is 2.20. The van der Waals surface area contributed by atoms with Crippen molar-refractivity contribution in [3.63, 3.8) is 0 Å². The molecule has 1 heterocycles. The van der Waals surface area contributed by atoms with E-state index < -0.39 is 17.5 Å². The van der Waals surface area contributed by atoms with Crippen molar-refractivity contribution in [1.82, 2.24) is 4.98 Å². The van der Waals surface area contributed by atoms with Crippen LogP contribution in [0, 0.1) is 5.82 Å². The van der Waals surface area contributed by atoms with Gasteiger partial charge in [0.1, 0.15) is 5.01 Å². The first kappa shape index (κ1) is 16.6. The third-order valence-electron chi connectivity index (χ3n) is 3.28. The van der Waals surface area contributed by atoms with E-state index in [0.29, 0.717) is 16.1 Å². The summed E-state index contributed by atoms with van der Waals surface area (Å²) >= 11 is 4.75. The van der Waals surface area contributed by atoms with Crippen LogP contribution in [0.5, 0.6) is 5.75 Å². The molecule has 0 atom stereocenters. The molecule has 0 aliphatic carbocycles. The lowest BCUT2D eigenvalue weighted by atomic mass is 10.1. The highest BCUT2D eigenvalue weighted by molar-refractivity contribution is 9.10. The summed E-state index contributed by atoms with van der Waals surface area (Å²) in [5, 5.41) is 19.0. The number of nitrogens with zero attached hydrogens (tertiary/aromatic N) is 1. The van der Waals surface area contributed by atoms with Crippen LogP contribution in [-0.2, 0) is 4.79 Å². The fraction of sp³-hybridized carbons (Fsp3) is 0.0588. The van der Waals surface area contributed by atoms with Gasteiger partial charge in [0.2, 0.25) is 0 Å². The largest absolute Gasteiger partial charge is 0.505 e. The lowest BCUT2D eigenvalue weighted by molar-refractivity contribution is -0.135. The summed E-state index contributed by atoms with van der Waals surface area (Å²) < 4.78 is 15.3. The van der Waals surface area contributed by atoms with Crippen LogP contribution in [0.25, 0.3) is 21.9 Å². The lowest BCUT2D eigenvalue weighted by Gasteiger charge is -2.02. The van der Waals surface area contributed by atoms with Crippen molar-refractivity contribution in [3.05, 3.63) is 57.3 Å². The summed E-state index contributed by atoms with van der Waals surface area (Å²) in [6.07, 6.45) is 1.34. The van der Waals surface area contributed by atoms with Crippen molar-refractivity contribution >= 4 is 55.1 Å². The Morgan fingerprint density at radius 2 is 2.08 bits per heavy atom. The fourth-order valence-corrected chi connectivity index (χ4v) is 3.51. The van der Waals surface area contributed by atoms with Gasteiger partial charge in [-0.3, -0.25) is 4.79 Å². The number of aliphatic carboxylic acids is 1. The number of carbonyl (C=O) groups is 1. The molecular formula is C17H11BrFNO3S. The normalized spacial score (nSPS) is 11.8. The second kappa shape index (κ2) is 6.70. The molecule has 3 rings (SSSR count). The Hall–Kier alpha value is -2.25. The van der Waals surface area contributed by atoms with Crippen LogP contribution in [0.4, 0.5) is 4.39 Å². The Morgan fingerprint density at radius 3 is 2.79 bits per heavy atom. The van der Waals surface area contributed by atoms with Crippen molar-refractivity contribution in [2.24, 2.45) is 0 Å². The summed E-state index contributed by atoms with van der Waals surface area (Å²) in [5.74, 6) is -2.20. The number of aromatic hydroxyl groups is 1. The maximum Gasteiger partial charge on any atom is 0.307 e. The van der Waals surface area contributed by atoms with E-state index in [2.05, 4.69) is 20.9 Å². The number of benzene rings is 2. The zero-order valence-corrected chi connectivity index (χ0v) is 14.6. The summed E-state index contributed by atoms with van der Waals surface area (Å²) in [6, 6.07) is 9.55. The van der Waals surface area contributed by atoms with Gasteiger partial charge in [-0.1, -0.05) is 22.0 Å². The first-order chi connectivity index (χ1) is 11.4. The Morgan fingerprint density at radius 1 is 1.29 bits per heavy atom. The first-order valence-corrected chi connectivity index (χ1v) is 8.50. The van der Waals surface area contributed by atoms with E-state index >= 15 is 0 Å².